The summed E-state index contributed by atoms with van der Waals surface area (Å²) in [5.41, 5.74) is 3.34. The predicted molar refractivity (Wildman–Crippen MR) is 123 cm³/mol. The molecule has 1 aromatic heterocycles. The van der Waals surface area contributed by atoms with Crippen LogP contribution in [0.2, 0.25) is 0 Å². The standard InChI is InChI=1S/C23H28N2O3S2/c1-5-25-20-13-10-18(16(2)3)15-21(20)29-23(25)24-22(26)7-6-14-30(27,28)19-11-8-17(4)9-12-19/h8-13,15-16H,5-7,14H2,1-4H3. The van der Waals surface area contributed by atoms with Crippen molar-refractivity contribution in [2.24, 2.45) is 4.99 Å². The summed E-state index contributed by atoms with van der Waals surface area (Å²) in [6.07, 6.45) is 0.368. The number of amides is 1. The Morgan fingerprint density at radius 1 is 1.13 bits per heavy atom. The first-order valence-electron chi connectivity index (χ1n) is 10.2. The fourth-order valence-corrected chi connectivity index (χ4v) is 5.75. The fraction of sp³-hybridized carbons (Fsp3) is 0.391. The van der Waals surface area contributed by atoms with E-state index in [0.29, 0.717) is 15.6 Å². The quantitative estimate of drug-likeness (QED) is 0.524. The van der Waals surface area contributed by atoms with Gasteiger partial charge in [0.05, 0.1) is 20.9 Å². The lowest BCUT2D eigenvalue weighted by molar-refractivity contribution is -0.118. The Balaban J connectivity index is 1.74. The third kappa shape index (κ3) is 5.08. The highest BCUT2D eigenvalue weighted by Crippen LogP contribution is 2.23. The molecule has 1 amide bonds. The largest absolute Gasteiger partial charge is 0.317 e. The molecule has 0 bridgehead atoms. The number of carbonyl (C=O) groups is 1. The van der Waals surface area contributed by atoms with E-state index >= 15 is 0 Å². The average molecular weight is 445 g/mol. The van der Waals surface area contributed by atoms with Crippen molar-refractivity contribution in [2.45, 2.75) is 57.9 Å². The van der Waals surface area contributed by atoms with Crippen molar-refractivity contribution in [3.05, 3.63) is 58.4 Å². The molecule has 5 nitrogen and oxygen atoms in total. The molecule has 1 heterocycles. The molecule has 7 heteroatoms. The molecule has 0 spiro atoms. The SMILES string of the molecule is CCn1c(=NC(=O)CCCS(=O)(=O)c2ccc(C)cc2)sc2cc(C(C)C)ccc21. The highest BCUT2D eigenvalue weighted by atomic mass is 32.2. The Labute approximate surface area is 182 Å². The summed E-state index contributed by atoms with van der Waals surface area (Å²) in [6, 6.07) is 13.2. The zero-order valence-corrected chi connectivity index (χ0v) is 19.5. The van der Waals surface area contributed by atoms with Crippen molar-refractivity contribution in [3.8, 4) is 0 Å². The summed E-state index contributed by atoms with van der Waals surface area (Å²) in [7, 11) is -3.39. The van der Waals surface area contributed by atoms with Gasteiger partial charge in [0.25, 0.3) is 0 Å². The van der Waals surface area contributed by atoms with Crippen molar-refractivity contribution in [1.29, 1.82) is 0 Å². The maximum atomic E-state index is 12.4. The summed E-state index contributed by atoms with van der Waals surface area (Å²) in [5.74, 6) is 0.0888. The minimum atomic E-state index is -3.39. The van der Waals surface area contributed by atoms with Gasteiger partial charge in [0.15, 0.2) is 14.6 Å². The molecule has 2 aromatic carbocycles. The number of rotatable bonds is 7. The minimum absolute atomic E-state index is 0.0603. The first-order valence-corrected chi connectivity index (χ1v) is 12.7. The molecule has 0 aliphatic heterocycles. The van der Waals surface area contributed by atoms with Gasteiger partial charge in [-0.3, -0.25) is 4.79 Å². The zero-order chi connectivity index (χ0) is 21.9. The summed E-state index contributed by atoms with van der Waals surface area (Å²) in [4.78, 5) is 17.7. The number of sulfone groups is 1. The smallest absolute Gasteiger partial charge is 0.248 e. The second-order valence-electron chi connectivity index (χ2n) is 7.75. The Bertz CT molecular complexity index is 1220. The Kier molecular flexibility index (Phi) is 6.93. The number of aryl methyl sites for hydroxylation is 2. The molecule has 0 N–H and O–H groups in total. The van der Waals surface area contributed by atoms with E-state index in [1.54, 1.807) is 24.3 Å². The number of fused-ring (bicyclic) bond motifs is 1. The third-order valence-corrected chi connectivity index (χ3v) is 7.95. The summed E-state index contributed by atoms with van der Waals surface area (Å²) in [5, 5.41) is 0. The van der Waals surface area contributed by atoms with Crippen molar-refractivity contribution in [1.82, 2.24) is 4.57 Å². The lowest BCUT2D eigenvalue weighted by atomic mass is 10.0. The number of nitrogens with zero attached hydrogens (tertiary/aromatic N) is 2. The molecule has 0 radical (unpaired) electrons. The zero-order valence-electron chi connectivity index (χ0n) is 17.9. The molecule has 0 atom stereocenters. The summed E-state index contributed by atoms with van der Waals surface area (Å²) < 4.78 is 28.0. The summed E-state index contributed by atoms with van der Waals surface area (Å²) >= 11 is 1.50. The molecular formula is C23H28N2O3S2. The van der Waals surface area contributed by atoms with E-state index in [0.717, 1.165) is 22.3 Å². The Hall–Kier alpha value is -2.25. The van der Waals surface area contributed by atoms with Gasteiger partial charge in [-0.05, 0) is 56.0 Å². The number of hydrogen-bond donors (Lipinski definition) is 0. The topological polar surface area (TPSA) is 68.5 Å². The van der Waals surface area contributed by atoms with E-state index in [4.69, 9.17) is 0 Å². The van der Waals surface area contributed by atoms with Gasteiger partial charge in [-0.1, -0.05) is 48.9 Å². The van der Waals surface area contributed by atoms with Crippen LogP contribution in [0.15, 0.2) is 52.4 Å². The van der Waals surface area contributed by atoms with Gasteiger partial charge in [-0.2, -0.15) is 4.99 Å². The number of benzene rings is 2. The van der Waals surface area contributed by atoms with Crippen molar-refractivity contribution >= 4 is 37.3 Å². The molecule has 160 valence electrons. The van der Waals surface area contributed by atoms with Gasteiger partial charge in [0, 0.05) is 13.0 Å². The molecule has 0 fully saturated rings. The van der Waals surface area contributed by atoms with Crippen LogP contribution >= 0.6 is 11.3 Å². The lowest BCUT2D eigenvalue weighted by Gasteiger charge is -2.05. The second-order valence-corrected chi connectivity index (χ2v) is 10.9. The van der Waals surface area contributed by atoms with Gasteiger partial charge in [-0.25, -0.2) is 8.42 Å². The molecule has 0 unspecified atom stereocenters. The van der Waals surface area contributed by atoms with E-state index in [1.165, 1.54) is 16.9 Å². The van der Waals surface area contributed by atoms with Gasteiger partial charge in [-0.15, -0.1) is 0 Å². The number of thiazole rings is 1. The van der Waals surface area contributed by atoms with Gasteiger partial charge in [0.1, 0.15) is 0 Å². The molecule has 3 aromatic rings. The van der Waals surface area contributed by atoms with Crippen LogP contribution in [-0.2, 0) is 21.2 Å². The van der Waals surface area contributed by atoms with E-state index in [2.05, 4.69) is 37.0 Å². The maximum Gasteiger partial charge on any atom is 0.248 e. The van der Waals surface area contributed by atoms with E-state index in [9.17, 15) is 13.2 Å². The molecule has 0 aliphatic rings. The van der Waals surface area contributed by atoms with Crippen LogP contribution in [0.25, 0.3) is 10.2 Å². The molecule has 3 rings (SSSR count). The second kappa shape index (κ2) is 9.27. The van der Waals surface area contributed by atoms with Crippen LogP contribution in [0.5, 0.6) is 0 Å². The van der Waals surface area contributed by atoms with Gasteiger partial charge in [0.2, 0.25) is 5.91 Å². The highest BCUT2D eigenvalue weighted by molar-refractivity contribution is 7.91. The van der Waals surface area contributed by atoms with Gasteiger partial charge >= 0.3 is 0 Å². The average Bonchev–Trinajstić information content (AvgIpc) is 3.03. The molecule has 0 aliphatic carbocycles. The first kappa shape index (κ1) is 22.4. The maximum absolute atomic E-state index is 12.4. The van der Waals surface area contributed by atoms with Crippen molar-refractivity contribution in [2.75, 3.05) is 5.75 Å². The number of hydrogen-bond acceptors (Lipinski definition) is 4. The normalized spacial score (nSPS) is 12.8. The van der Waals surface area contributed by atoms with Crippen LogP contribution in [0.4, 0.5) is 0 Å². The summed E-state index contributed by atoms with van der Waals surface area (Å²) in [6.45, 7) is 8.97. The predicted octanol–water partition coefficient (Wildman–Crippen LogP) is 4.84. The Morgan fingerprint density at radius 3 is 2.47 bits per heavy atom. The number of carbonyl (C=O) groups excluding carboxylic acids is 1. The van der Waals surface area contributed by atoms with Crippen LogP contribution in [-0.4, -0.2) is 24.6 Å². The molecule has 0 saturated carbocycles. The van der Waals surface area contributed by atoms with Crippen LogP contribution in [0, 0.1) is 6.92 Å². The first-order chi connectivity index (χ1) is 14.2. The van der Waals surface area contributed by atoms with Crippen LogP contribution in [0.1, 0.15) is 50.7 Å². The minimum Gasteiger partial charge on any atom is -0.317 e. The third-order valence-electron chi connectivity index (χ3n) is 5.09. The van der Waals surface area contributed by atoms with E-state index < -0.39 is 9.84 Å². The highest BCUT2D eigenvalue weighted by Gasteiger charge is 2.15. The monoisotopic (exact) mass is 444 g/mol. The Morgan fingerprint density at radius 2 is 1.83 bits per heavy atom. The van der Waals surface area contributed by atoms with E-state index in [1.807, 2.05) is 18.4 Å². The van der Waals surface area contributed by atoms with Crippen LogP contribution in [0.3, 0.4) is 0 Å². The number of aromatic nitrogens is 1. The van der Waals surface area contributed by atoms with Crippen molar-refractivity contribution in [3.63, 3.8) is 0 Å². The van der Waals surface area contributed by atoms with Crippen molar-refractivity contribution < 1.29 is 13.2 Å². The molecule has 30 heavy (non-hydrogen) atoms. The van der Waals surface area contributed by atoms with E-state index in [-0.39, 0.29) is 24.5 Å². The molecule has 0 saturated heterocycles. The molecular weight excluding hydrogens is 416 g/mol. The lowest BCUT2D eigenvalue weighted by Crippen LogP contribution is -2.16. The van der Waals surface area contributed by atoms with Crippen LogP contribution < -0.4 is 4.80 Å². The van der Waals surface area contributed by atoms with Gasteiger partial charge < -0.3 is 4.57 Å². The fourth-order valence-electron chi connectivity index (χ4n) is 3.28.